The lowest BCUT2D eigenvalue weighted by atomic mass is 9.98. The molecule has 5 nitrogen and oxygen atoms in total. The van der Waals surface area contributed by atoms with Gasteiger partial charge in [0.05, 0.1) is 14.2 Å². The molecule has 1 amide bonds. The molecule has 2 heterocycles. The van der Waals surface area contributed by atoms with E-state index in [9.17, 15) is 4.79 Å². The van der Waals surface area contributed by atoms with E-state index in [1.165, 1.54) is 10.9 Å². The van der Waals surface area contributed by atoms with E-state index >= 15 is 0 Å². The summed E-state index contributed by atoms with van der Waals surface area (Å²) in [5, 5.41) is 1.19. The van der Waals surface area contributed by atoms with Gasteiger partial charge in [0.1, 0.15) is 0 Å². The fourth-order valence-corrected chi connectivity index (χ4v) is 5.27. The summed E-state index contributed by atoms with van der Waals surface area (Å²) in [5.41, 5.74) is 7.42. The van der Waals surface area contributed by atoms with Crippen molar-refractivity contribution in [3.05, 3.63) is 71.8 Å². The normalized spacial score (nSPS) is 15.5. The Morgan fingerprint density at radius 3 is 2.46 bits per heavy atom. The monoisotopic (exact) mass is 468 g/mol. The SMILES string of the molecule is CCc1c(-c2ccc(OC)c(OC)c2)[nH]c2ccc(-c3cccc(C(=O)N4CCCC4C)c3)cc12. The van der Waals surface area contributed by atoms with Gasteiger partial charge >= 0.3 is 0 Å². The van der Waals surface area contributed by atoms with Crippen molar-refractivity contribution >= 4 is 16.8 Å². The first-order valence-electron chi connectivity index (χ1n) is 12.3. The Kier molecular flexibility index (Phi) is 6.25. The molecule has 3 aromatic carbocycles. The number of methoxy groups -OCH3 is 2. The van der Waals surface area contributed by atoms with Crippen LogP contribution >= 0.6 is 0 Å². The third kappa shape index (κ3) is 4.16. The van der Waals surface area contributed by atoms with Crippen LogP contribution in [-0.4, -0.2) is 42.6 Å². The van der Waals surface area contributed by atoms with Crippen LogP contribution < -0.4 is 9.47 Å². The molecule has 0 saturated carbocycles. The molecule has 1 atom stereocenters. The fraction of sp³-hybridized carbons (Fsp3) is 0.300. The van der Waals surface area contributed by atoms with Gasteiger partial charge < -0.3 is 19.4 Å². The van der Waals surface area contributed by atoms with Crippen molar-refractivity contribution in [2.24, 2.45) is 0 Å². The Bertz CT molecular complexity index is 1390. The zero-order chi connectivity index (χ0) is 24.5. The summed E-state index contributed by atoms with van der Waals surface area (Å²) in [5.74, 6) is 1.55. The number of nitrogens with one attached hydrogen (secondary N) is 1. The van der Waals surface area contributed by atoms with Gasteiger partial charge in [-0.1, -0.05) is 25.1 Å². The van der Waals surface area contributed by atoms with Crippen LogP contribution in [0.3, 0.4) is 0 Å². The molecule has 5 rings (SSSR count). The van der Waals surface area contributed by atoms with Crippen LogP contribution in [0.2, 0.25) is 0 Å². The summed E-state index contributed by atoms with van der Waals surface area (Å²) >= 11 is 0. The van der Waals surface area contributed by atoms with Crippen LogP contribution in [0.25, 0.3) is 33.3 Å². The average molecular weight is 469 g/mol. The minimum atomic E-state index is 0.129. The fourth-order valence-electron chi connectivity index (χ4n) is 5.27. The molecule has 1 saturated heterocycles. The van der Waals surface area contributed by atoms with E-state index in [4.69, 9.17) is 9.47 Å². The predicted octanol–water partition coefficient (Wildman–Crippen LogP) is 6.71. The summed E-state index contributed by atoms with van der Waals surface area (Å²) in [4.78, 5) is 18.7. The van der Waals surface area contributed by atoms with Crippen LogP contribution in [0.1, 0.15) is 42.6 Å². The molecule has 0 bridgehead atoms. The van der Waals surface area contributed by atoms with Crippen molar-refractivity contribution in [2.75, 3.05) is 20.8 Å². The predicted molar refractivity (Wildman–Crippen MR) is 141 cm³/mol. The Morgan fingerprint density at radius 2 is 1.74 bits per heavy atom. The summed E-state index contributed by atoms with van der Waals surface area (Å²) in [6, 6.07) is 20.8. The number of carbonyl (C=O) groups is 1. The first-order chi connectivity index (χ1) is 17.0. The summed E-state index contributed by atoms with van der Waals surface area (Å²) in [6.07, 6.45) is 3.05. The van der Waals surface area contributed by atoms with Crippen molar-refractivity contribution in [3.63, 3.8) is 0 Å². The maximum Gasteiger partial charge on any atom is 0.254 e. The van der Waals surface area contributed by atoms with Crippen molar-refractivity contribution in [2.45, 2.75) is 39.2 Å². The molecule has 0 spiro atoms. The molecule has 0 aliphatic carbocycles. The topological polar surface area (TPSA) is 54.6 Å². The lowest BCUT2D eigenvalue weighted by molar-refractivity contribution is 0.0747. The van der Waals surface area contributed by atoms with Gasteiger partial charge in [0, 0.05) is 40.3 Å². The second kappa shape index (κ2) is 9.49. The number of nitrogens with zero attached hydrogens (tertiary/aromatic N) is 1. The zero-order valence-electron chi connectivity index (χ0n) is 20.9. The lowest BCUT2D eigenvalue weighted by Crippen LogP contribution is -2.33. The number of hydrogen-bond donors (Lipinski definition) is 1. The Labute approximate surface area is 206 Å². The van der Waals surface area contributed by atoms with E-state index in [0.717, 1.165) is 59.3 Å². The van der Waals surface area contributed by atoms with E-state index < -0.39 is 0 Å². The minimum absolute atomic E-state index is 0.129. The van der Waals surface area contributed by atoms with Gasteiger partial charge in [0.15, 0.2) is 11.5 Å². The molecule has 1 aliphatic rings. The maximum absolute atomic E-state index is 13.1. The van der Waals surface area contributed by atoms with E-state index in [-0.39, 0.29) is 5.91 Å². The first-order valence-corrected chi connectivity index (χ1v) is 12.3. The number of aromatic amines is 1. The molecular formula is C30H32N2O3. The maximum atomic E-state index is 13.1. The molecule has 1 unspecified atom stereocenters. The molecule has 1 aliphatic heterocycles. The third-order valence-corrected chi connectivity index (χ3v) is 7.19. The van der Waals surface area contributed by atoms with Gasteiger partial charge in [-0.15, -0.1) is 0 Å². The van der Waals surface area contributed by atoms with Gasteiger partial charge in [0.25, 0.3) is 5.91 Å². The number of carbonyl (C=O) groups excluding carboxylic acids is 1. The third-order valence-electron chi connectivity index (χ3n) is 7.19. The second-order valence-electron chi connectivity index (χ2n) is 9.23. The molecule has 5 heteroatoms. The van der Waals surface area contributed by atoms with Crippen LogP contribution in [0.4, 0.5) is 0 Å². The number of H-pyrrole nitrogens is 1. The standard InChI is InChI=1S/C30H32N2O3/c1-5-24-25-17-21(20-9-6-10-23(16-20)30(33)32-15-7-8-19(32)2)11-13-26(25)31-29(24)22-12-14-27(34-3)28(18-22)35-4/h6,9-14,16-19,31H,5,7-8,15H2,1-4H3. The van der Waals surface area contributed by atoms with Crippen molar-refractivity contribution in [3.8, 4) is 33.9 Å². The van der Waals surface area contributed by atoms with Gasteiger partial charge in [-0.3, -0.25) is 4.79 Å². The zero-order valence-corrected chi connectivity index (χ0v) is 20.9. The number of hydrogen-bond acceptors (Lipinski definition) is 3. The number of fused-ring (bicyclic) bond motifs is 1. The van der Waals surface area contributed by atoms with E-state index in [1.54, 1.807) is 14.2 Å². The quantitative estimate of drug-likeness (QED) is 0.342. The molecule has 180 valence electrons. The van der Waals surface area contributed by atoms with Gasteiger partial charge in [0.2, 0.25) is 0 Å². The highest BCUT2D eigenvalue weighted by molar-refractivity contribution is 5.97. The lowest BCUT2D eigenvalue weighted by Gasteiger charge is -2.21. The summed E-state index contributed by atoms with van der Waals surface area (Å²) in [6.45, 7) is 5.16. The van der Waals surface area contributed by atoms with Gasteiger partial charge in [-0.25, -0.2) is 0 Å². The first kappa shape index (κ1) is 23.0. The van der Waals surface area contributed by atoms with Crippen LogP contribution in [0, 0.1) is 0 Å². The Morgan fingerprint density at radius 1 is 0.971 bits per heavy atom. The van der Waals surface area contributed by atoms with Crippen molar-refractivity contribution in [1.82, 2.24) is 9.88 Å². The molecule has 0 radical (unpaired) electrons. The molecule has 35 heavy (non-hydrogen) atoms. The average Bonchev–Trinajstić information content (AvgIpc) is 3.50. The van der Waals surface area contributed by atoms with E-state index in [2.05, 4.69) is 49.2 Å². The van der Waals surface area contributed by atoms with Crippen LogP contribution in [-0.2, 0) is 6.42 Å². The van der Waals surface area contributed by atoms with Gasteiger partial charge in [-0.2, -0.15) is 0 Å². The number of benzene rings is 3. The summed E-state index contributed by atoms with van der Waals surface area (Å²) in [7, 11) is 3.30. The highest BCUT2D eigenvalue weighted by atomic mass is 16.5. The van der Waals surface area contributed by atoms with Crippen LogP contribution in [0.15, 0.2) is 60.7 Å². The van der Waals surface area contributed by atoms with Crippen molar-refractivity contribution in [1.29, 1.82) is 0 Å². The highest BCUT2D eigenvalue weighted by Crippen LogP contribution is 2.37. The van der Waals surface area contributed by atoms with Crippen LogP contribution in [0.5, 0.6) is 11.5 Å². The summed E-state index contributed by atoms with van der Waals surface area (Å²) < 4.78 is 10.9. The molecular weight excluding hydrogens is 436 g/mol. The van der Waals surface area contributed by atoms with Gasteiger partial charge in [-0.05, 0) is 85.3 Å². The number of rotatable bonds is 6. The number of amides is 1. The van der Waals surface area contributed by atoms with E-state index in [1.807, 2.05) is 35.2 Å². The largest absolute Gasteiger partial charge is 0.493 e. The highest BCUT2D eigenvalue weighted by Gasteiger charge is 2.26. The number of likely N-dealkylation sites (tertiary alicyclic amines) is 1. The Hall–Kier alpha value is -3.73. The second-order valence-corrected chi connectivity index (χ2v) is 9.23. The molecule has 1 N–H and O–H groups in total. The Balaban J connectivity index is 1.54. The number of aromatic nitrogens is 1. The molecule has 1 aromatic heterocycles. The molecule has 1 fully saturated rings. The minimum Gasteiger partial charge on any atom is -0.493 e. The molecule has 4 aromatic rings. The number of aryl methyl sites for hydroxylation is 1. The van der Waals surface area contributed by atoms with Crippen molar-refractivity contribution < 1.29 is 14.3 Å². The van der Waals surface area contributed by atoms with E-state index in [0.29, 0.717) is 17.5 Å². The smallest absolute Gasteiger partial charge is 0.254 e. The number of ether oxygens (including phenoxy) is 2.